The van der Waals surface area contributed by atoms with Crippen molar-refractivity contribution in [1.29, 1.82) is 0 Å². The van der Waals surface area contributed by atoms with Crippen molar-refractivity contribution >= 4 is 44.1 Å². The van der Waals surface area contributed by atoms with Crippen molar-refractivity contribution in [2.24, 2.45) is 0 Å². The van der Waals surface area contributed by atoms with Crippen molar-refractivity contribution < 1.29 is 19.1 Å². The Balaban J connectivity index is 1.79. The van der Waals surface area contributed by atoms with Crippen LogP contribution in [0.1, 0.15) is 29.8 Å². The maximum absolute atomic E-state index is 12.6. The maximum atomic E-state index is 12.6. The van der Waals surface area contributed by atoms with E-state index in [-0.39, 0.29) is 19.1 Å². The topological polar surface area (TPSA) is 64.6 Å². The molecule has 0 bridgehead atoms. The predicted molar refractivity (Wildman–Crippen MR) is 123 cm³/mol. The third-order valence-corrected chi connectivity index (χ3v) is 5.80. The molecule has 1 amide bonds. The first-order valence-corrected chi connectivity index (χ1v) is 11.2. The summed E-state index contributed by atoms with van der Waals surface area (Å²) in [5.74, 6) is -0.225. The Morgan fingerprint density at radius 1 is 1.03 bits per heavy atom. The fourth-order valence-electron chi connectivity index (χ4n) is 2.83. The van der Waals surface area contributed by atoms with E-state index in [1.807, 2.05) is 41.8 Å². The molecule has 0 atom stereocenters. The summed E-state index contributed by atoms with van der Waals surface area (Å²) in [7, 11) is 0. The highest BCUT2D eigenvalue weighted by atomic mass is 79.9. The van der Waals surface area contributed by atoms with E-state index in [1.54, 1.807) is 19.1 Å². The average molecular weight is 488 g/mol. The van der Waals surface area contributed by atoms with Gasteiger partial charge in [0, 0.05) is 15.4 Å². The zero-order valence-corrected chi connectivity index (χ0v) is 19.1. The van der Waals surface area contributed by atoms with Crippen molar-refractivity contribution in [3.8, 4) is 16.9 Å². The van der Waals surface area contributed by atoms with E-state index < -0.39 is 5.97 Å². The van der Waals surface area contributed by atoms with Gasteiger partial charge in [0.15, 0.2) is 6.61 Å². The van der Waals surface area contributed by atoms with Gasteiger partial charge >= 0.3 is 5.97 Å². The molecule has 0 unspecified atom stereocenters. The number of carbonyl (C=O) groups excluding carboxylic acids is 2. The summed E-state index contributed by atoms with van der Waals surface area (Å²) in [6.45, 7) is 3.93. The lowest BCUT2D eigenvalue weighted by atomic mass is 10.0. The monoisotopic (exact) mass is 487 g/mol. The molecule has 0 radical (unpaired) electrons. The minimum Gasteiger partial charge on any atom is -0.484 e. The Morgan fingerprint density at radius 2 is 1.73 bits per heavy atom. The molecule has 0 spiro atoms. The van der Waals surface area contributed by atoms with Crippen molar-refractivity contribution in [3.63, 3.8) is 0 Å². The van der Waals surface area contributed by atoms with Gasteiger partial charge in [-0.2, -0.15) is 0 Å². The first-order valence-electron chi connectivity index (χ1n) is 9.58. The molecule has 0 saturated carbocycles. The molecule has 1 heterocycles. The Kier molecular flexibility index (Phi) is 7.65. The number of carbonyl (C=O) groups is 2. The molecule has 5 nitrogen and oxygen atoms in total. The van der Waals surface area contributed by atoms with Crippen molar-refractivity contribution in [3.05, 3.63) is 69.5 Å². The van der Waals surface area contributed by atoms with E-state index >= 15 is 0 Å². The fraction of sp³-hybridized carbons (Fsp3) is 0.217. The number of amides is 1. The number of halogens is 1. The zero-order chi connectivity index (χ0) is 21.5. The number of hydrogen-bond donors (Lipinski definition) is 1. The minimum absolute atomic E-state index is 0.164. The lowest BCUT2D eigenvalue weighted by Crippen LogP contribution is -2.21. The van der Waals surface area contributed by atoms with Gasteiger partial charge in [-0.1, -0.05) is 47.1 Å². The van der Waals surface area contributed by atoms with Crippen LogP contribution in [0.2, 0.25) is 0 Å². The second-order valence-corrected chi connectivity index (χ2v) is 8.21. The molecule has 1 aromatic heterocycles. The molecule has 3 rings (SSSR count). The van der Waals surface area contributed by atoms with Crippen LogP contribution >= 0.6 is 27.3 Å². The lowest BCUT2D eigenvalue weighted by molar-refractivity contribution is -0.118. The van der Waals surface area contributed by atoms with Gasteiger partial charge < -0.3 is 14.8 Å². The standard InChI is InChI=1S/C23H22BrNO4S/c1-3-15-5-7-16(8-6-15)19-14-30-22(21(19)23(27)28-4-2)25-20(26)13-29-18-11-9-17(24)10-12-18/h5-12,14H,3-4,13H2,1-2H3,(H,25,26). The lowest BCUT2D eigenvalue weighted by Gasteiger charge is -2.10. The van der Waals surface area contributed by atoms with E-state index in [2.05, 4.69) is 28.2 Å². The molecule has 30 heavy (non-hydrogen) atoms. The quantitative estimate of drug-likeness (QED) is 0.399. The summed E-state index contributed by atoms with van der Waals surface area (Å²) in [5, 5.41) is 5.10. The molecule has 7 heteroatoms. The number of nitrogens with one attached hydrogen (secondary N) is 1. The summed E-state index contributed by atoms with van der Waals surface area (Å²) in [4.78, 5) is 25.1. The Bertz CT molecular complexity index is 1010. The number of hydrogen-bond acceptors (Lipinski definition) is 5. The van der Waals surface area contributed by atoms with Crippen LogP contribution in [0.4, 0.5) is 5.00 Å². The maximum Gasteiger partial charge on any atom is 0.341 e. The van der Waals surface area contributed by atoms with Crippen molar-refractivity contribution in [2.75, 3.05) is 18.5 Å². The van der Waals surface area contributed by atoms with Crippen LogP contribution in [0.25, 0.3) is 11.1 Å². The number of esters is 1. The summed E-state index contributed by atoms with van der Waals surface area (Å²) in [6.07, 6.45) is 0.939. The highest BCUT2D eigenvalue weighted by molar-refractivity contribution is 9.10. The number of ether oxygens (including phenoxy) is 2. The van der Waals surface area contributed by atoms with Gasteiger partial charge in [-0.3, -0.25) is 4.79 Å². The molecule has 0 fully saturated rings. The highest BCUT2D eigenvalue weighted by Crippen LogP contribution is 2.36. The molecule has 0 saturated heterocycles. The third kappa shape index (κ3) is 5.49. The first kappa shape index (κ1) is 22.1. The van der Waals surface area contributed by atoms with Gasteiger partial charge in [0.1, 0.15) is 16.3 Å². The predicted octanol–water partition coefficient (Wildman–Crippen LogP) is 5.93. The van der Waals surface area contributed by atoms with Crippen LogP contribution in [0.15, 0.2) is 58.4 Å². The van der Waals surface area contributed by atoms with E-state index in [0.717, 1.165) is 22.0 Å². The van der Waals surface area contributed by atoms with Crippen LogP contribution in [0.5, 0.6) is 5.75 Å². The van der Waals surface area contributed by atoms with Gasteiger partial charge in [0.05, 0.1) is 6.61 Å². The number of rotatable bonds is 8. The molecule has 156 valence electrons. The summed E-state index contributed by atoms with van der Waals surface area (Å²) in [6, 6.07) is 15.2. The third-order valence-electron chi connectivity index (χ3n) is 4.38. The van der Waals surface area contributed by atoms with Gasteiger partial charge in [-0.25, -0.2) is 4.79 Å². The fourth-order valence-corrected chi connectivity index (χ4v) is 4.07. The van der Waals surface area contributed by atoms with Crippen LogP contribution in [-0.4, -0.2) is 25.1 Å². The summed E-state index contributed by atoms with van der Waals surface area (Å²) >= 11 is 4.65. The molecular formula is C23H22BrNO4S. The number of anilines is 1. The van der Waals surface area contributed by atoms with Gasteiger partial charge in [-0.05, 0) is 48.7 Å². The van der Waals surface area contributed by atoms with Crippen LogP contribution in [-0.2, 0) is 16.0 Å². The molecule has 2 aromatic carbocycles. The SMILES string of the molecule is CCOC(=O)c1c(-c2ccc(CC)cc2)csc1NC(=O)COc1ccc(Br)cc1. The van der Waals surface area contributed by atoms with Crippen LogP contribution < -0.4 is 10.1 Å². The summed E-state index contributed by atoms with van der Waals surface area (Å²) in [5.41, 5.74) is 3.22. The van der Waals surface area contributed by atoms with E-state index in [1.165, 1.54) is 16.9 Å². The largest absolute Gasteiger partial charge is 0.484 e. The number of aryl methyl sites for hydroxylation is 1. The van der Waals surface area contributed by atoms with Crippen LogP contribution in [0.3, 0.4) is 0 Å². The molecule has 0 aliphatic rings. The second-order valence-electron chi connectivity index (χ2n) is 6.42. The first-order chi connectivity index (χ1) is 14.5. The van der Waals surface area contributed by atoms with Gasteiger partial charge in [0.2, 0.25) is 0 Å². The summed E-state index contributed by atoms with van der Waals surface area (Å²) < 4.78 is 11.7. The Hall–Kier alpha value is -2.64. The Morgan fingerprint density at radius 3 is 2.37 bits per heavy atom. The molecule has 0 aliphatic carbocycles. The van der Waals surface area contributed by atoms with E-state index in [9.17, 15) is 9.59 Å². The zero-order valence-electron chi connectivity index (χ0n) is 16.7. The smallest absolute Gasteiger partial charge is 0.341 e. The molecule has 3 aromatic rings. The van der Waals surface area contributed by atoms with Gasteiger partial charge in [0.25, 0.3) is 5.91 Å². The van der Waals surface area contributed by atoms with E-state index in [4.69, 9.17) is 9.47 Å². The van der Waals surface area contributed by atoms with Crippen molar-refractivity contribution in [2.45, 2.75) is 20.3 Å². The number of benzene rings is 2. The highest BCUT2D eigenvalue weighted by Gasteiger charge is 2.23. The molecule has 0 aliphatic heterocycles. The van der Waals surface area contributed by atoms with Gasteiger partial charge in [-0.15, -0.1) is 11.3 Å². The van der Waals surface area contributed by atoms with E-state index in [0.29, 0.717) is 16.3 Å². The molecular weight excluding hydrogens is 466 g/mol. The minimum atomic E-state index is -0.461. The Labute approximate surface area is 188 Å². The van der Waals surface area contributed by atoms with Crippen LogP contribution in [0, 0.1) is 0 Å². The van der Waals surface area contributed by atoms with Crippen molar-refractivity contribution in [1.82, 2.24) is 0 Å². The number of thiophene rings is 1. The second kappa shape index (κ2) is 10.4. The molecule has 1 N–H and O–H groups in total. The normalized spacial score (nSPS) is 10.5. The average Bonchev–Trinajstić information content (AvgIpc) is 3.17.